The van der Waals surface area contributed by atoms with Crippen molar-refractivity contribution in [3.8, 4) is 0 Å². The van der Waals surface area contributed by atoms with E-state index in [-0.39, 0.29) is 11.8 Å². The molecule has 6 heteroatoms. The molecule has 2 heterocycles. The van der Waals surface area contributed by atoms with E-state index in [4.69, 9.17) is 0 Å². The number of carbonyl (C=O) groups is 2. The Hall–Kier alpha value is -1.14. The van der Waals surface area contributed by atoms with Crippen molar-refractivity contribution in [3.63, 3.8) is 0 Å². The van der Waals surface area contributed by atoms with Crippen molar-refractivity contribution < 1.29 is 9.59 Å². The largest absolute Gasteiger partial charge is 0.339 e. The van der Waals surface area contributed by atoms with Gasteiger partial charge in [0.05, 0.1) is 6.54 Å². The minimum Gasteiger partial charge on any atom is -0.339 e. The Morgan fingerprint density at radius 3 is 2.38 bits per heavy atom. The summed E-state index contributed by atoms with van der Waals surface area (Å²) in [6, 6.07) is 0.520. The van der Waals surface area contributed by atoms with Crippen LogP contribution in [0.25, 0.3) is 0 Å². The van der Waals surface area contributed by atoms with Crippen LogP contribution in [0.4, 0.5) is 0 Å². The smallest absolute Gasteiger partial charge is 0.236 e. The third kappa shape index (κ3) is 4.97. The SMILES string of the molecule is CC(=O)N1CCN(C(=O)CN(C)CC2CCCCN2)CC1. The lowest BCUT2D eigenvalue weighted by molar-refractivity contribution is -0.139. The van der Waals surface area contributed by atoms with Crippen LogP contribution in [0.5, 0.6) is 0 Å². The van der Waals surface area contributed by atoms with Gasteiger partial charge in [0.2, 0.25) is 11.8 Å². The van der Waals surface area contributed by atoms with Crippen LogP contribution in [-0.4, -0.2) is 85.4 Å². The number of piperidine rings is 1. The molecule has 0 radical (unpaired) electrons. The summed E-state index contributed by atoms with van der Waals surface area (Å²) >= 11 is 0. The highest BCUT2D eigenvalue weighted by Gasteiger charge is 2.23. The highest BCUT2D eigenvalue weighted by atomic mass is 16.2. The van der Waals surface area contributed by atoms with Crippen molar-refractivity contribution in [2.45, 2.75) is 32.2 Å². The zero-order valence-electron chi connectivity index (χ0n) is 13.3. The Balaban J connectivity index is 1.70. The molecule has 2 amide bonds. The second-order valence-electron chi connectivity index (χ2n) is 6.23. The Labute approximate surface area is 127 Å². The summed E-state index contributed by atoms with van der Waals surface area (Å²) in [7, 11) is 2.01. The fraction of sp³-hybridized carbons (Fsp3) is 0.867. The van der Waals surface area contributed by atoms with Crippen LogP contribution in [0.15, 0.2) is 0 Å². The maximum absolute atomic E-state index is 12.3. The van der Waals surface area contributed by atoms with Crippen molar-refractivity contribution >= 4 is 11.8 Å². The van der Waals surface area contributed by atoms with E-state index in [1.807, 2.05) is 11.9 Å². The maximum atomic E-state index is 12.3. The van der Waals surface area contributed by atoms with Crippen LogP contribution in [0, 0.1) is 0 Å². The predicted octanol–water partition coefficient (Wildman–Crippen LogP) is -0.249. The molecule has 1 unspecified atom stereocenters. The standard InChI is InChI=1S/C15H28N4O2/c1-13(20)18-7-9-19(10-8-18)15(21)12-17(2)11-14-5-3-4-6-16-14/h14,16H,3-12H2,1-2H3. The Morgan fingerprint density at radius 1 is 1.14 bits per heavy atom. The summed E-state index contributed by atoms with van der Waals surface area (Å²) in [5.74, 6) is 0.277. The molecule has 2 aliphatic rings. The van der Waals surface area contributed by atoms with E-state index in [0.29, 0.717) is 38.8 Å². The lowest BCUT2D eigenvalue weighted by atomic mass is 10.0. The van der Waals surface area contributed by atoms with Gasteiger partial charge in [0.1, 0.15) is 0 Å². The van der Waals surface area contributed by atoms with Crippen LogP contribution in [0.3, 0.4) is 0 Å². The molecule has 0 aromatic heterocycles. The first-order chi connectivity index (χ1) is 10.1. The molecule has 2 aliphatic heterocycles. The van der Waals surface area contributed by atoms with Gasteiger partial charge in [0.25, 0.3) is 0 Å². The van der Waals surface area contributed by atoms with Gasteiger partial charge in [-0.3, -0.25) is 14.5 Å². The second kappa shape index (κ2) is 7.75. The van der Waals surface area contributed by atoms with Gasteiger partial charge in [0.15, 0.2) is 0 Å². The monoisotopic (exact) mass is 296 g/mol. The van der Waals surface area contributed by atoms with Crippen molar-refractivity contribution in [3.05, 3.63) is 0 Å². The van der Waals surface area contributed by atoms with Gasteiger partial charge in [0, 0.05) is 45.7 Å². The Bertz CT molecular complexity index is 361. The molecule has 1 N–H and O–H groups in total. The molecule has 0 aliphatic carbocycles. The Morgan fingerprint density at radius 2 is 1.81 bits per heavy atom. The molecule has 0 saturated carbocycles. The minimum atomic E-state index is 0.0996. The molecular formula is C15H28N4O2. The third-order valence-corrected chi connectivity index (χ3v) is 4.43. The summed E-state index contributed by atoms with van der Waals surface area (Å²) in [6.45, 7) is 6.73. The van der Waals surface area contributed by atoms with Crippen LogP contribution >= 0.6 is 0 Å². The number of likely N-dealkylation sites (N-methyl/N-ethyl adjacent to an activating group) is 1. The number of amides is 2. The fourth-order valence-electron chi connectivity index (χ4n) is 3.12. The average molecular weight is 296 g/mol. The van der Waals surface area contributed by atoms with Crippen molar-refractivity contribution in [2.24, 2.45) is 0 Å². The van der Waals surface area contributed by atoms with Crippen LogP contribution in [0.1, 0.15) is 26.2 Å². The normalized spacial score (nSPS) is 23.5. The summed E-state index contributed by atoms with van der Waals surface area (Å²) in [5.41, 5.74) is 0. The summed E-state index contributed by atoms with van der Waals surface area (Å²) in [5, 5.41) is 3.51. The number of hydrogen-bond donors (Lipinski definition) is 1. The molecule has 6 nitrogen and oxygen atoms in total. The molecule has 2 fully saturated rings. The number of nitrogens with one attached hydrogen (secondary N) is 1. The van der Waals surface area contributed by atoms with Gasteiger partial charge in [-0.25, -0.2) is 0 Å². The predicted molar refractivity (Wildman–Crippen MR) is 82.0 cm³/mol. The topological polar surface area (TPSA) is 55.9 Å². The van der Waals surface area contributed by atoms with E-state index in [9.17, 15) is 9.59 Å². The summed E-state index contributed by atoms with van der Waals surface area (Å²) < 4.78 is 0. The highest BCUT2D eigenvalue weighted by Crippen LogP contribution is 2.08. The van der Waals surface area contributed by atoms with Crippen molar-refractivity contribution in [1.82, 2.24) is 20.0 Å². The van der Waals surface area contributed by atoms with E-state index < -0.39 is 0 Å². The van der Waals surface area contributed by atoms with Gasteiger partial charge in [-0.15, -0.1) is 0 Å². The van der Waals surface area contributed by atoms with Gasteiger partial charge < -0.3 is 15.1 Å². The first kappa shape index (κ1) is 16.2. The van der Waals surface area contributed by atoms with Gasteiger partial charge in [-0.2, -0.15) is 0 Å². The van der Waals surface area contributed by atoms with E-state index >= 15 is 0 Å². The molecule has 0 spiro atoms. The molecule has 0 aromatic rings. The van der Waals surface area contributed by atoms with E-state index in [2.05, 4.69) is 10.2 Å². The molecular weight excluding hydrogens is 268 g/mol. The molecule has 1 atom stereocenters. The lowest BCUT2D eigenvalue weighted by Crippen LogP contribution is -2.52. The van der Waals surface area contributed by atoms with Crippen LogP contribution in [-0.2, 0) is 9.59 Å². The van der Waals surface area contributed by atoms with E-state index in [1.165, 1.54) is 19.3 Å². The first-order valence-electron chi connectivity index (χ1n) is 8.01. The van der Waals surface area contributed by atoms with Gasteiger partial charge in [-0.1, -0.05) is 6.42 Å². The van der Waals surface area contributed by atoms with Crippen LogP contribution < -0.4 is 5.32 Å². The minimum absolute atomic E-state index is 0.0996. The average Bonchev–Trinajstić information content (AvgIpc) is 2.48. The number of piperazine rings is 1. The molecule has 2 saturated heterocycles. The number of nitrogens with zero attached hydrogens (tertiary/aromatic N) is 3. The number of hydrogen-bond acceptors (Lipinski definition) is 4. The number of carbonyl (C=O) groups excluding carboxylic acids is 2. The third-order valence-electron chi connectivity index (χ3n) is 4.43. The van der Waals surface area contributed by atoms with Gasteiger partial charge >= 0.3 is 0 Å². The fourth-order valence-corrected chi connectivity index (χ4v) is 3.12. The van der Waals surface area contributed by atoms with E-state index in [1.54, 1.807) is 11.8 Å². The summed E-state index contributed by atoms with van der Waals surface area (Å²) in [6.07, 6.45) is 3.75. The van der Waals surface area contributed by atoms with E-state index in [0.717, 1.165) is 13.1 Å². The Kier molecular flexibility index (Phi) is 5.99. The molecule has 0 aromatic carbocycles. The lowest BCUT2D eigenvalue weighted by Gasteiger charge is -2.35. The van der Waals surface area contributed by atoms with Crippen LogP contribution in [0.2, 0.25) is 0 Å². The first-order valence-corrected chi connectivity index (χ1v) is 8.01. The summed E-state index contributed by atoms with van der Waals surface area (Å²) in [4.78, 5) is 29.4. The quantitative estimate of drug-likeness (QED) is 0.777. The van der Waals surface area contributed by atoms with Crippen molar-refractivity contribution in [2.75, 3.05) is 52.9 Å². The molecule has 21 heavy (non-hydrogen) atoms. The molecule has 0 bridgehead atoms. The maximum Gasteiger partial charge on any atom is 0.236 e. The number of rotatable bonds is 4. The van der Waals surface area contributed by atoms with Gasteiger partial charge in [-0.05, 0) is 26.4 Å². The zero-order chi connectivity index (χ0) is 15.2. The molecule has 2 rings (SSSR count). The van der Waals surface area contributed by atoms with Crippen molar-refractivity contribution in [1.29, 1.82) is 0 Å². The second-order valence-corrected chi connectivity index (χ2v) is 6.23. The molecule has 120 valence electrons. The highest BCUT2D eigenvalue weighted by molar-refractivity contribution is 5.79. The zero-order valence-corrected chi connectivity index (χ0v) is 13.3.